The zero-order chi connectivity index (χ0) is 20.8. The number of ether oxygens (including phenoxy) is 2. The Labute approximate surface area is 174 Å². The second-order valence-corrected chi connectivity index (χ2v) is 6.79. The molecule has 1 amide bonds. The minimum atomic E-state index is -0.305. The number of halogens is 1. The maximum Gasteiger partial charge on any atom is 0.255 e. The van der Waals surface area contributed by atoms with Gasteiger partial charge in [0.25, 0.3) is 5.91 Å². The number of hydrogen-bond donors (Lipinski definition) is 1. The van der Waals surface area contributed by atoms with Gasteiger partial charge in [0.2, 0.25) is 0 Å². The van der Waals surface area contributed by atoms with E-state index in [1.54, 1.807) is 48.7 Å². The van der Waals surface area contributed by atoms with Gasteiger partial charge in [-0.25, -0.2) is 4.98 Å². The molecule has 0 aliphatic heterocycles. The van der Waals surface area contributed by atoms with Crippen LogP contribution in [0, 0.1) is 0 Å². The zero-order valence-corrected chi connectivity index (χ0v) is 17.1. The smallest absolute Gasteiger partial charge is 0.255 e. The van der Waals surface area contributed by atoms with Crippen molar-refractivity contribution in [2.45, 2.75) is 6.61 Å². The molecule has 0 spiro atoms. The molecule has 1 aromatic carbocycles. The minimum absolute atomic E-state index is 0.247. The second-order valence-electron chi connectivity index (χ2n) is 6.40. The SMILES string of the molecule is COc1ccc(NC(=O)c2cc(Cl)nc(N(C)C)c2)cc1OCc1cccnc1. The van der Waals surface area contributed by atoms with E-state index in [-0.39, 0.29) is 11.1 Å². The normalized spacial score (nSPS) is 10.3. The lowest BCUT2D eigenvalue weighted by Crippen LogP contribution is -2.15. The van der Waals surface area contributed by atoms with E-state index in [4.69, 9.17) is 21.1 Å². The first-order chi connectivity index (χ1) is 14.0. The van der Waals surface area contributed by atoms with Crippen LogP contribution in [0.4, 0.5) is 11.5 Å². The maximum atomic E-state index is 12.7. The number of pyridine rings is 2. The van der Waals surface area contributed by atoms with Crippen LogP contribution < -0.4 is 19.7 Å². The topological polar surface area (TPSA) is 76.6 Å². The summed E-state index contributed by atoms with van der Waals surface area (Å²) < 4.78 is 11.2. The van der Waals surface area contributed by atoms with Crippen molar-refractivity contribution in [1.29, 1.82) is 0 Å². The molecule has 150 valence electrons. The summed E-state index contributed by atoms with van der Waals surface area (Å²) in [5.74, 6) is 1.36. The molecule has 0 atom stereocenters. The van der Waals surface area contributed by atoms with E-state index in [1.165, 1.54) is 6.07 Å². The number of anilines is 2. The quantitative estimate of drug-likeness (QED) is 0.590. The van der Waals surface area contributed by atoms with Crippen LogP contribution >= 0.6 is 11.6 Å². The predicted octanol–water partition coefficient (Wildman–Crippen LogP) is 4.04. The van der Waals surface area contributed by atoms with Crippen molar-refractivity contribution in [3.8, 4) is 11.5 Å². The molecule has 0 saturated heterocycles. The molecule has 1 N–H and O–H groups in total. The molecule has 0 saturated carbocycles. The van der Waals surface area contributed by atoms with Gasteiger partial charge in [0.05, 0.1) is 7.11 Å². The van der Waals surface area contributed by atoms with Gasteiger partial charge in [-0.05, 0) is 30.3 Å². The van der Waals surface area contributed by atoms with Crippen molar-refractivity contribution < 1.29 is 14.3 Å². The Bertz CT molecular complexity index is 996. The lowest BCUT2D eigenvalue weighted by atomic mass is 10.2. The molecule has 8 heteroatoms. The van der Waals surface area contributed by atoms with Gasteiger partial charge in [0.1, 0.15) is 17.6 Å². The number of nitrogens with zero attached hydrogens (tertiary/aromatic N) is 3. The van der Waals surface area contributed by atoms with Crippen LogP contribution in [-0.2, 0) is 6.61 Å². The summed E-state index contributed by atoms with van der Waals surface area (Å²) in [6.45, 7) is 0.327. The Morgan fingerprint density at radius 2 is 2.00 bits per heavy atom. The summed E-state index contributed by atoms with van der Waals surface area (Å²) >= 11 is 6.05. The monoisotopic (exact) mass is 412 g/mol. The van der Waals surface area contributed by atoms with Gasteiger partial charge in [-0.15, -0.1) is 0 Å². The first kappa shape index (κ1) is 20.4. The fourth-order valence-electron chi connectivity index (χ4n) is 2.56. The standard InChI is InChI=1S/C21H21ClN4O3/c1-26(2)20-10-15(9-19(22)25-20)21(27)24-16-6-7-17(28-3)18(11-16)29-13-14-5-4-8-23-12-14/h4-12H,13H2,1-3H3,(H,24,27). The lowest BCUT2D eigenvalue weighted by molar-refractivity contribution is 0.102. The molecular formula is C21H21ClN4O3. The lowest BCUT2D eigenvalue weighted by Gasteiger charge is -2.14. The van der Waals surface area contributed by atoms with Crippen LogP contribution in [0.3, 0.4) is 0 Å². The molecule has 0 unspecified atom stereocenters. The number of aromatic nitrogens is 2. The van der Waals surface area contributed by atoms with Crippen LogP contribution in [-0.4, -0.2) is 37.1 Å². The highest BCUT2D eigenvalue weighted by molar-refractivity contribution is 6.30. The Kier molecular flexibility index (Phi) is 6.51. The van der Waals surface area contributed by atoms with Crippen molar-refractivity contribution >= 4 is 29.0 Å². The number of hydrogen-bond acceptors (Lipinski definition) is 6. The summed E-state index contributed by atoms with van der Waals surface area (Å²) in [7, 11) is 5.22. The fourth-order valence-corrected chi connectivity index (χ4v) is 2.76. The number of nitrogens with one attached hydrogen (secondary N) is 1. The molecule has 3 aromatic rings. The van der Waals surface area contributed by atoms with E-state index < -0.39 is 0 Å². The Morgan fingerprint density at radius 3 is 2.69 bits per heavy atom. The molecule has 0 aliphatic rings. The predicted molar refractivity (Wildman–Crippen MR) is 113 cm³/mol. The zero-order valence-electron chi connectivity index (χ0n) is 16.3. The van der Waals surface area contributed by atoms with Crippen LogP contribution in [0.5, 0.6) is 11.5 Å². The molecule has 7 nitrogen and oxygen atoms in total. The van der Waals surface area contributed by atoms with E-state index in [0.29, 0.717) is 35.2 Å². The minimum Gasteiger partial charge on any atom is -0.493 e. The first-order valence-electron chi connectivity index (χ1n) is 8.82. The molecule has 0 bridgehead atoms. The third-order valence-electron chi connectivity index (χ3n) is 4.04. The number of methoxy groups -OCH3 is 1. The highest BCUT2D eigenvalue weighted by Crippen LogP contribution is 2.31. The molecule has 0 fully saturated rings. The molecule has 0 radical (unpaired) electrons. The highest BCUT2D eigenvalue weighted by atomic mass is 35.5. The van der Waals surface area contributed by atoms with Gasteiger partial charge >= 0.3 is 0 Å². The Hall–Kier alpha value is -3.32. The second kappa shape index (κ2) is 9.25. The largest absolute Gasteiger partial charge is 0.493 e. The number of amides is 1. The third kappa shape index (κ3) is 5.36. The van der Waals surface area contributed by atoms with Gasteiger partial charge in [-0.1, -0.05) is 17.7 Å². The summed E-state index contributed by atoms with van der Waals surface area (Å²) in [6.07, 6.45) is 3.43. The molecule has 2 aromatic heterocycles. The van der Waals surface area contributed by atoms with Gasteiger partial charge in [0.15, 0.2) is 11.5 Å². The van der Waals surface area contributed by atoms with Gasteiger partial charge in [-0.2, -0.15) is 0 Å². The Balaban J connectivity index is 1.78. The number of carbonyl (C=O) groups excluding carboxylic acids is 1. The van der Waals surface area contributed by atoms with Crippen LogP contribution in [0.1, 0.15) is 15.9 Å². The van der Waals surface area contributed by atoms with Crippen molar-refractivity contribution in [2.24, 2.45) is 0 Å². The van der Waals surface area contributed by atoms with E-state index in [0.717, 1.165) is 5.56 Å². The highest BCUT2D eigenvalue weighted by Gasteiger charge is 2.13. The van der Waals surface area contributed by atoms with Crippen LogP contribution in [0.25, 0.3) is 0 Å². The van der Waals surface area contributed by atoms with E-state index in [2.05, 4.69) is 15.3 Å². The molecule has 0 aliphatic carbocycles. The average Bonchev–Trinajstić information content (AvgIpc) is 2.72. The van der Waals surface area contributed by atoms with Crippen molar-refractivity contribution in [3.05, 3.63) is 71.1 Å². The van der Waals surface area contributed by atoms with Crippen molar-refractivity contribution in [3.63, 3.8) is 0 Å². The van der Waals surface area contributed by atoms with E-state index >= 15 is 0 Å². The fraction of sp³-hybridized carbons (Fsp3) is 0.190. The summed E-state index contributed by atoms with van der Waals surface area (Å²) in [4.78, 5) is 22.7. The number of carbonyl (C=O) groups is 1. The summed E-state index contributed by atoms with van der Waals surface area (Å²) in [5.41, 5.74) is 1.89. The average molecular weight is 413 g/mol. The molecule has 3 rings (SSSR count). The molecular weight excluding hydrogens is 392 g/mol. The maximum absolute atomic E-state index is 12.7. The van der Waals surface area contributed by atoms with E-state index in [9.17, 15) is 4.79 Å². The summed E-state index contributed by atoms with van der Waals surface area (Å²) in [6, 6.07) is 12.1. The number of benzene rings is 1. The molecule has 2 heterocycles. The van der Waals surface area contributed by atoms with Gasteiger partial charge < -0.3 is 19.7 Å². The number of rotatable bonds is 7. The Morgan fingerprint density at radius 1 is 1.17 bits per heavy atom. The summed E-state index contributed by atoms with van der Waals surface area (Å²) in [5, 5.41) is 3.10. The first-order valence-corrected chi connectivity index (χ1v) is 9.20. The van der Waals surface area contributed by atoms with E-state index in [1.807, 2.05) is 26.2 Å². The van der Waals surface area contributed by atoms with Crippen LogP contribution in [0.2, 0.25) is 5.15 Å². The third-order valence-corrected chi connectivity index (χ3v) is 4.23. The van der Waals surface area contributed by atoms with Crippen molar-refractivity contribution in [1.82, 2.24) is 9.97 Å². The molecule has 29 heavy (non-hydrogen) atoms. The van der Waals surface area contributed by atoms with Crippen molar-refractivity contribution in [2.75, 3.05) is 31.4 Å². The van der Waals surface area contributed by atoms with Crippen LogP contribution in [0.15, 0.2) is 54.9 Å². The van der Waals surface area contributed by atoms with Gasteiger partial charge in [0, 0.05) is 49.4 Å². The van der Waals surface area contributed by atoms with Gasteiger partial charge in [-0.3, -0.25) is 9.78 Å².